The highest BCUT2D eigenvalue weighted by atomic mass is 19.1. The molecule has 1 atom stereocenters. The first-order chi connectivity index (χ1) is 25.1. The molecule has 0 aliphatic carbocycles. The van der Waals surface area contributed by atoms with Crippen molar-refractivity contribution in [1.29, 1.82) is 0 Å². The van der Waals surface area contributed by atoms with E-state index in [9.17, 15) is 8.78 Å². The van der Waals surface area contributed by atoms with E-state index in [0.29, 0.717) is 5.92 Å². The Kier molecular flexibility index (Phi) is 12.5. The van der Waals surface area contributed by atoms with Crippen LogP contribution in [0.25, 0.3) is 11.6 Å². The van der Waals surface area contributed by atoms with Crippen molar-refractivity contribution in [3.8, 4) is 0 Å². The van der Waals surface area contributed by atoms with Gasteiger partial charge in [0.2, 0.25) is 0 Å². The number of H-pyrrole nitrogens is 1. The number of hydrogen-bond acceptors (Lipinski definition) is 2. The summed E-state index contributed by atoms with van der Waals surface area (Å²) in [4.78, 5) is 11.7. The van der Waals surface area contributed by atoms with E-state index in [-0.39, 0.29) is 11.6 Å². The molecule has 1 unspecified atom stereocenters. The molecule has 0 bridgehead atoms. The summed E-state index contributed by atoms with van der Waals surface area (Å²) in [5.74, 6) is -0.0697. The van der Waals surface area contributed by atoms with Crippen molar-refractivity contribution in [1.82, 2.24) is 19.5 Å². The van der Waals surface area contributed by atoms with Crippen LogP contribution in [0.4, 0.5) is 8.78 Å². The summed E-state index contributed by atoms with van der Waals surface area (Å²) < 4.78 is 28.8. The molecule has 2 heterocycles. The van der Waals surface area contributed by atoms with Crippen molar-refractivity contribution in [2.45, 2.75) is 44.6 Å². The molecule has 7 rings (SSSR count). The second kappa shape index (κ2) is 18.2. The number of imidazole rings is 2. The average molecular weight is 677 g/mol. The van der Waals surface area contributed by atoms with Crippen molar-refractivity contribution in [3.63, 3.8) is 0 Å². The predicted octanol–water partition coefficient (Wildman–Crippen LogP) is 10.8. The first-order valence-electron chi connectivity index (χ1n) is 17.4. The van der Waals surface area contributed by atoms with Crippen LogP contribution in [-0.4, -0.2) is 19.5 Å². The minimum Gasteiger partial charge on any atom is -0.351 e. The molecule has 0 saturated heterocycles. The zero-order valence-electron chi connectivity index (χ0n) is 28.6. The number of nitrogens with one attached hydrogen (secondary N) is 1. The summed E-state index contributed by atoms with van der Waals surface area (Å²) in [6.07, 6.45) is 14.2. The lowest BCUT2D eigenvalue weighted by Gasteiger charge is -2.16. The Morgan fingerprint density at radius 2 is 1.27 bits per heavy atom. The van der Waals surface area contributed by atoms with E-state index >= 15 is 0 Å². The summed E-state index contributed by atoms with van der Waals surface area (Å²) in [5.41, 5.74) is 9.31. The van der Waals surface area contributed by atoms with E-state index in [4.69, 9.17) is 0 Å². The van der Waals surface area contributed by atoms with Gasteiger partial charge >= 0.3 is 0 Å². The zero-order valence-corrected chi connectivity index (χ0v) is 28.6. The Morgan fingerprint density at radius 3 is 1.88 bits per heavy atom. The van der Waals surface area contributed by atoms with Gasteiger partial charge in [-0.15, -0.1) is 0 Å². The third-order valence-electron chi connectivity index (χ3n) is 8.98. The monoisotopic (exact) mass is 676 g/mol. The van der Waals surface area contributed by atoms with Crippen LogP contribution in [0.1, 0.15) is 58.0 Å². The van der Waals surface area contributed by atoms with Crippen LogP contribution in [0.15, 0.2) is 165 Å². The van der Waals surface area contributed by atoms with E-state index in [0.717, 1.165) is 55.6 Å². The Labute approximate surface area is 299 Å². The fourth-order valence-corrected chi connectivity index (χ4v) is 6.19. The van der Waals surface area contributed by atoms with Gasteiger partial charge in [-0.1, -0.05) is 115 Å². The molecular formula is C45H42F2N4. The molecule has 7 aromatic rings. The fourth-order valence-electron chi connectivity index (χ4n) is 6.19. The second-order valence-electron chi connectivity index (χ2n) is 12.6. The lowest BCUT2D eigenvalue weighted by atomic mass is 9.88. The fraction of sp³-hybridized carbons (Fsp3) is 0.156. The molecular weight excluding hydrogens is 635 g/mol. The first-order valence-corrected chi connectivity index (χ1v) is 17.4. The van der Waals surface area contributed by atoms with Gasteiger partial charge in [0.05, 0.1) is 30.2 Å². The summed E-state index contributed by atoms with van der Waals surface area (Å²) in [6, 6.07) is 44.8. The van der Waals surface area contributed by atoms with E-state index in [1.165, 1.54) is 52.1 Å². The van der Waals surface area contributed by atoms with Crippen LogP contribution in [0.5, 0.6) is 0 Å². The van der Waals surface area contributed by atoms with E-state index in [1.807, 2.05) is 73.3 Å². The maximum absolute atomic E-state index is 13.5. The molecule has 51 heavy (non-hydrogen) atoms. The number of halogens is 2. The average Bonchev–Trinajstić information content (AvgIpc) is 3.86. The van der Waals surface area contributed by atoms with E-state index < -0.39 is 0 Å². The van der Waals surface area contributed by atoms with Crippen LogP contribution in [0, 0.1) is 11.6 Å². The summed E-state index contributed by atoms with van der Waals surface area (Å²) in [6.45, 7) is 0.766. The van der Waals surface area contributed by atoms with Crippen molar-refractivity contribution in [2.24, 2.45) is 0 Å². The second-order valence-corrected chi connectivity index (χ2v) is 12.6. The highest BCUT2D eigenvalue weighted by Gasteiger charge is 2.14. The van der Waals surface area contributed by atoms with Crippen LogP contribution >= 0.6 is 0 Å². The zero-order chi connectivity index (χ0) is 35.1. The van der Waals surface area contributed by atoms with Crippen LogP contribution in [0.2, 0.25) is 0 Å². The number of rotatable bonds is 13. The van der Waals surface area contributed by atoms with Crippen molar-refractivity contribution >= 4 is 11.6 Å². The molecule has 2 aromatic heterocycles. The van der Waals surface area contributed by atoms with Crippen LogP contribution < -0.4 is 0 Å². The third-order valence-corrected chi connectivity index (χ3v) is 8.98. The molecule has 4 nitrogen and oxygen atoms in total. The molecule has 6 heteroatoms. The maximum atomic E-state index is 13.5. The van der Waals surface area contributed by atoms with Gasteiger partial charge in [-0.05, 0) is 102 Å². The number of aromatic nitrogens is 4. The van der Waals surface area contributed by atoms with E-state index in [1.54, 1.807) is 6.33 Å². The number of nitrogens with zero attached hydrogens (tertiary/aromatic N) is 3. The number of aromatic amines is 1. The topological polar surface area (TPSA) is 46.5 Å². The highest BCUT2D eigenvalue weighted by Crippen LogP contribution is 2.27. The van der Waals surface area contributed by atoms with Gasteiger partial charge in [0.15, 0.2) is 0 Å². The minimum absolute atomic E-state index is 0.190. The van der Waals surface area contributed by atoms with Gasteiger partial charge < -0.3 is 9.55 Å². The standard InChI is InChI=1S/C26H23FN2.C19H19FN2/c27-25-15-13-23(14-16-25)24(12-11-21-7-3-1-4-8-21)17-26-18-28-20-29(26)19-22-9-5-2-6-10-22;20-18-10-8-16(9-11-18)17(12-19-13-21-14-22-19)7-6-15-4-2-1-3-5-15/h1-10,13-18,20H,11-12,19H2;1-5,8-11,13-14,17H,6-7,12H2,(H,21,22)/b24-17+;. The van der Waals surface area contributed by atoms with Crippen molar-refractivity contribution in [2.75, 3.05) is 0 Å². The van der Waals surface area contributed by atoms with Crippen molar-refractivity contribution in [3.05, 3.63) is 215 Å². The normalized spacial score (nSPS) is 11.8. The first kappa shape index (κ1) is 35.0. The summed E-state index contributed by atoms with van der Waals surface area (Å²) >= 11 is 0. The number of aryl methyl sites for hydroxylation is 2. The van der Waals surface area contributed by atoms with E-state index in [2.05, 4.69) is 86.3 Å². The maximum Gasteiger partial charge on any atom is 0.123 e. The quantitative estimate of drug-likeness (QED) is 0.132. The van der Waals surface area contributed by atoms with Gasteiger partial charge in [0.25, 0.3) is 0 Å². The summed E-state index contributed by atoms with van der Waals surface area (Å²) in [7, 11) is 0. The van der Waals surface area contributed by atoms with Crippen LogP contribution in [-0.2, 0) is 25.8 Å². The number of allylic oxidation sites excluding steroid dienone is 1. The molecule has 0 radical (unpaired) electrons. The molecule has 0 saturated carbocycles. The van der Waals surface area contributed by atoms with Gasteiger partial charge in [0, 0.05) is 12.7 Å². The number of hydrogen-bond donors (Lipinski definition) is 1. The SMILES string of the molecule is Fc1ccc(/C(=C/c2cncn2Cc2ccccc2)CCc2ccccc2)cc1.Fc1ccc(C(CCc2ccccc2)Cc2c[nH]cn2)cc1. The third kappa shape index (κ3) is 10.8. The van der Waals surface area contributed by atoms with Crippen LogP contribution in [0.3, 0.4) is 0 Å². The Morgan fingerprint density at radius 1 is 0.686 bits per heavy atom. The Bertz CT molecular complexity index is 2040. The van der Waals surface area contributed by atoms with Gasteiger partial charge in [-0.3, -0.25) is 0 Å². The van der Waals surface area contributed by atoms with Gasteiger partial charge in [-0.2, -0.15) is 0 Å². The molecule has 0 aliphatic rings. The smallest absolute Gasteiger partial charge is 0.123 e. The molecule has 256 valence electrons. The van der Waals surface area contributed by atoms with Gasteiger partial charge in [-0.25, -0.2) is 18.7 Å². The lowest BCUT2D eigenvalue weighted by molar-refractivity contribution is 0.604. The highest BCUT2D eigenvalue weighted by molar-refractivity contribution is 5.80. The molecule has 0 amide bonds. The Hall–Kier alpha value is -5.88. The summed E-state index contributed by atoms with van der Waals surface area (Å²) in [5, 5.41) is 0. The molecule has 0 fully saturated rings. The molecule has 0 aliphatic heterocycles. The largest absolute Gasteiger partial charge is 0.351 e. The van der Waals surface area contributed by atoms with Crippen molar-refractivity contribution < 1.29 is 8.78 Å². The number of benzene rings is 5. The lowest BCUT2D eigenvalue weighted by Crippen LogP contribution is -2.05. The molecule has 0 spiro atoms. The Balaban J connectivity index is 0.000000183. The predicted molar refractivity (Wildman–Crippen MR) is 203 cm³/mol. The van der Waals surface area contributed by atoms with Gasteiger partial charge in [0.1, 0.15) is 11.6 Å². The minimum atomic E-state index is -0.217. The molecule has 5 aromatic carbocycles. The molecule has 1 N–H and O–H groups in total.